The van der Waals surface area contributed by atoms with Crippen LogP contribution in [0.25, 0.3) is 0 Å². The third-order valence-corrected chi connectivity index (χ3v) is 6.55. The minimum atomic E-state index is -5.15. The molecule has 1 unspecified atom stereocenters. The van der Waals surface area contributed by atoms with E-state index in [-0.39, 0.29) is 6.07 Å². The van der Waals surface area contributed by atoms with Crippen LogP contribution in [0.1, 0.15) is 64.7 Å². The normalized spacial score (nSPS) is 20.1. The van der Waals surface area contributed by atoms with Gasteiger partial charge in [0.15, 0.2) is 6.10 Å². The first-order chi connectivity index (χ1) is 17.3. The van der Waals surface area contributed by atoms with Crippen LogP contribution in [0.5, 0.6) is 0 Å². The molecule has 1 aliphatic carbocycles. The Morgan fingerprint density at radius 3 is 2.22 bits per heavy atom. The Kier molecular flexibility index (Phi) is 7.06. The van der Waals surface area contributed by atoms with E-state index in [1.54, 1.807) is 24.5 Å². The molecule has 2 heterocycles. The highest BCUT2D eigenvalue weighted by Gasteiger charge is 2.45. The van der Waals surface area contributed by atoms with Crippen molar-refractivity contribution in [3.05, 3.63) is 76.9 Å². The van der Waals surface area contributed by atoms with E-state index in [0.29, 0.717) is 17.7 Å². The van der Waals surface area contributed by atoms with E-state index in [0.717, 1.165) is 16.6 Å². The summed E-state index contributed by atoms with van der Waals surface area (Å²) in [4.78, 5) is 13.5. The van der Waals surface area contributed by atoms with Crippen LogP contribution in [0.2, 0.25) is 0 Å². The molecule has 1 saturated carbocycles. The molecule has 1 atom stereocenters. The number of hydrogen-bond acceptors (Lipinski definition) is 4. The first kappa shape index (κ1) is 26.6. The van der Waals surface area contributed by atoms with Crippen molar-refractivity contribution in [2.24, 2.45) is 13.0 Å². The van der Waals surface area contributed by atoms with Crippen LogP contribution in [0.15, 0.2) is 48.8 Å². The van der Waals surface area contributed by atoms with Gasteiger partial charge in [-0.25, -0.2) is 0 Å². The molecule has 0 spiro atoms. The summed E-state index contributed by atoms with van der Waals surface area (Å²) >= 11 is 0. The fourth-order valence-electron chi connectivity index (χ4n) is 4.62. The molecule has 198 valence electrons. The molecular formula is C25H24F6N4O2. The molecule has 37 heavy (non-hydrogen) atoms. The molecule has 3 aromatic rings. The largest absolute Gasteiger partial charge is 0.418 e. The van der Waals surface area contributed by atoms with Crippen molar-refractivity contribution in [1.82, 2.24) is 14.8 Å². The number of alkyl halides is 6. The number of aliphatic hydroxyl groups excluding tert-OH is 1. The van der Waals surface area contributed by atoms with Crippen molar-refractivity contribution in [3.63, 3.8) is 0 Å². The molecule has 1 fully saturated rings. The van der Waals surface area contributed by atoms with E-state index in [9.17, 15) is 36.2 Å². The van der Waals surface area contributed by atoms with E-state index in [1.165, 1.54) is 25.0 Å². The SMILES string of the molecule is CC1CC(c2nncn2C)C1.O=C1c2cc(C(O)C(F)(F)F)cc(C(F)(F)F)c2CN1c1ccccc1. The minimum absolute atomic E-state index is 0.249. The number of hydrogen-bond donors (Lipinski definition) is 1. The number of aliphatic hydroxyl groups is 1. The van der Waals surface area contributed by atoms with Gasteiger partial charge in [-0.3, -0.25) is 4.79 Å². The lowest BCUT2D eigenvalue weighted by atomic mass is 9.76. The third kappa shape index (κ3) is 5.48. The highest BCUT2D eigenvalue weighted by molar-refractivity contribution is 6.10. The van der Waals surface area contributed by atoms with E-state index in [2.05, 4.69) is 17.1 Å². The average Bonchev–Trinajstić information content (AvgIpc) is 3.38. The Balaban J connectivity index is 0.000000241. The molecule has 5 rings (SSSR count). The number of aromatic nitrogens is 3. The van der Waals surface area contributed by atoms with Gasteiger partial charge >= 0.3 is 12.4 Å². The number of nitrogens with zero attached hydrogens (tertiary/aromatic N) is 4. The van der Waals surface area contributed by atoms with Gasteiger partial charge < -0.3 is 14.6 Å². The molecule has 1 N–H and O–H groups in total. The van der Waals surface area contributed by atoms with Gasteiger partial charge in [0.05, 0.1) is 12.1 Å². The summed E-state index contributed by atoms with van der Waals surface area (Å²) in [5, 5.41) is 17.3. The van der Waals surface area contributed by atoms with E-state index < -0.39 is 53.2 Å². The zero-order valence-corrected chi connectivity index (χ0v) is 19.9. The monoisotopic (exact) mass is 526 g/mol. The van der Waals surface area contributed by atoms with Crippen molar-refractivity contribution in [1.29, 1.82) is 0 Å². The van der Waals surface area contributed by atoms with Gasteiger partial charge in [0, 0.05) is 24.2 Å². The van der Waals surface area contributed by atoms with Gasteiger partial charge in [-0.1, -0.05) is 25.1 Å². The summed E-state index contributed by atoms with van der Waals surface area (Å²) in [5.74, 6) is 1.87. The van der Waals surface area contributed by atoms with Gasteiger partial charge in [0.2, 0.25) is 0 Å². The quantitative estimate of drug-likeness (QED) is 0.439. The van der Waals surface area contributed by atoms with Crippen LogP contribution >= 0.6 is 0 Å². The molecule has 2 aromatic carbocycles. The zero-order valence-electron chi connectivity index (χ0n) is 19.9. The lowest BCUT2D eigenvalue weighted by Crippen LogP contribution is -2.23. The number of carbonyl (C=O) groups excluding carboxylic acids is 1. The average molecular weight is 526 g/mol. The van der Waals surface area contributed by atoms with Gasteiger partial charge in [0.25, 0.3) is 5.91 Å². The molecule has 0 saturated heterocycles. The smallest absolute Gasteiger partial charge is 0.379 e. The Morgan fingerprint density at radius 2 is 1.70 bits per heavy atom. The summed E-state index contributed by atoms with van der Waals surface area (Å²) in [6.45, 7) is 1.86. The van der Waals surface area contributed by atoms with Crippen molar-refractivity contribution < 1.29 is 36.2 Å². The topological polar surface area (TPSA) is 71.2 Å². The lowest BCUT2D eigenvalue weighted by molar-refractivity contribution is -0.207. The predicted octanol–water partition coefficient (Wildman–Crippen LogP) is 5.79. The Labute approximate surface area is 208 Å². The van der Waals surface area contributed by atoms with Crippen LogP contribution in [-0.2, 0) is 19.8 Å². The number of rotatable bonds is 3. The molecule has 1 aliphatic heterocycles. The van der Waals surface area contributed by atoms with Crippen LogP contribution < -0.4 is 4.90 Å². The Morgan fingerprint density at radius 1 is 1.05 bits per heavy atom. The summed E-state index contributed by atoms with van der Waals surface area (Å²) in [5.41, 5.74) is -2.97. The fourth-order valence-corrected chi connectivity index (χ4v) is 4.62. The maximum atomic E-state index is 13.3. The number of anilines is 1. The lowest BCUT2D eigenvalue weighted by Gasteiger charge is -2.31. The second kappa shape index (κ2) is 9.81. The number of aryl methyl sites for hydroxylation is 1. The van der Waals surface area contributed by atoms with Crippen LogP contribution in [-0.4, -0.2) is 32.0 Å². The molecule has 6 nitrogen and oxygen atoms in total. The minimum Gasteiger partial charge on any atom is -0.379 e. The first-order valence-corrected chi connectivity index (χ1v) is 11.5. The summed E-state index contributed by atoms with van der Waals surface area (Å²) < 4.78 is 80.2. The van der Waals surface area contributed by atoms with Gasteiger partial charge in [-0.2, -0.15) is 26.3 Å². The highest BCUT2D eigenvalue weighted by Crippen LogP contribution is 2.42. The van der Waals surface area contributed by atoms with Crippen LogP contribution in [0, 0.1) is 5.92 Å². The zero-order chi connectivity index (χ0) is 27.1. The number of amides is 1. The summed E-state index contributed by atoms with van der Waals surface area (Å²) in [6.07, 6.45) is -8.90. The van der Waals surface area contributed by atoms with Crippen molar-refractivity contribution in [3.8, 4) is 0 Å². The molecule has 0 bridgehead atoms. The van der Waals surface area contributed by atoms with Crippen molar-refractivity contribution in [2.75, 3.05) is 4.90 Å². The van der Waals surface area contributed by atoms with Gasteiger partial charge in [-0.15, -0.1) is 10.2 Å². The van der Waals surface area contributed by atoms with E-state index in [4.69, 9.17) is 0 Å². The third-order valence-electron chi connectivity index (χ3n) is 6.55. The first-order valence-electron chi connectivity index (χ1n) is 11.5. The highest BCUT2D eigenvalue weighted by atomic mass is 19.4. The number of fused-ring (bicyclic) bond motifs is 1. The van der Waals surface area contributed by atoms with E-state index >= 15 is 0 Å². The number of benzene rings is 2. The van der Waals surface area contributed by atoms with Crippen LogP contribution in [0.4, 0.5) is 32.0 Å². The maximum absolute atomic E-state index is 13.3. The fraction of sp³-hybridized carbons (Fsp3) is 0.400. The number of carbonyl (C=O) groups is 1. The molecule has 12 heteroatoms. The molecule has 1 amide bonds. The molecular weight excluding hydrogens is 502 g/mol. The van der Waals surface area contributed by atoms with Crippen molar-refractivity contribution >= 4 is 11.6 Å². The summed E-state index contributed by atoms with van der Waals surface area (Å²) in [7, 11) is 2.01. The predicted molar refractivity (Wildman–Crippen MR) is 122 cm³/mol. The van der Waals surface area contributed by atoms with E-state index in [1.807, 2.05) is 11.6 Å². The van der Waals surface area contributed by atoms with Gasteiger partial charge in [-0.05, 0) is 54.2 Å². The Bertz CT molecular complexity index is 1270. The molecule has 2 aliphatic rings. The standard InChI is InChI=1S/C17H11F6NO2.C8H13N3/c18-16(19,20)13-7-9(14(25)17(21,22)23)6-11-12(13)8-24(15(11)26)10-4-2-1-3-5-10;1-6-3-7(4-6)8-10-9-5-11(8)2/h1-7,14,25H,8H2;5-7H,3-4H2,1-2H3. The maximum Gasteiger partial charge on any atom is 0.418 e. The second-order valence-electron chi connectivity index (χ2n) is 9.34. The van der Waals surface area contributed by atoms with Crippen molar-refractivity contribution in [2.45, 2.75) is 50.7 Å². The number of halogens is 6. The van der Waals surface area contributed by atoms with Crippen LogP contribution in [0.3, 0.4) is 0 Å². The Hall–Kier alpha value is -3.41. The number of para-hydroxylation sites is 1. The van der Waals surface area contributed by atoms with Gasteiger partial charge in [0.1, 0.15) is 12.2 Å². The molecule has 1 aromatic heterocycles. The second-order valence-corrected chi connectivity index (χ2v) is 9.34. The summed E-state index contributed by atoms with van der Waals surface area (Å²) in [6, 6.07) is 8.73. The molecule has 0 radical (unpaired) electrons.